The first-order valence-corrected chi connectivity index (χ1v) is 12.8. The minimum atomic E-state index is -1.52. The Balaban J connectivity index is 1.76. The minimum Gasteiger partial charge on any atom is -0.287 e. The molecule has 154 valence electrons. The maximum absolute atomic E-state index is 5.23. The summed E-state index contributed by atoms with van der Waals surface area (Å²) < 4.78 is 2.50. The molecule has 0 aliphatic carbocycles. The highest BCUT2D eigenvalue weighted by Crippen LogP contribution is 2.72. The number of fused-ring (bicyclic) bond motifs is 3. The molecule has 0 saturated heterocycles. The molecule has 0 radical (unpaired) electrons. The van der Waals surface area contributed by atoms with Crippen LogP contribution in [0.5, 0.6) is 0 Å². The third-order valence-corrected chi connectivity index (χ3v) is 10.8. The van der Waals surface area contributed by atoms with Crippen molar-refractivity contribution in [2.75, 3.05) is 0 Å². The standard InChI is InChI=1S/C29H22N2S/c1-20-29-31-27-21(11-10-18-25(27)24-16-8-9-17-26(24)28(31)30-20)19-32(29,22-12-4-2-5-13-22)23-14-6-3-7-15-23/h2-18H,19H2,1H3. The first kappa shape index (κ1) is 18.1. The van der Waals surface area contributed by atoms with E-state index in [1.807, 2.05) is 0 Å². The third kappa shape index (κ3) is 2.19. The molecule has 1 aliphatic heterocycles. The first-order valence-electron chi connectivity index (χ1n) is 11.0. The Morgan fingerprint density at radius 3 is 1.94 bits per heavy atom. The number of nitrogens with zero attached hydrogens (tertiary/aromatic N) is 2. The van der Waals surface area contributed by atoms with Gasteiger partial charge in [-0.2, -0.15) is 0 Å². The Kier molecular flexibility index (Phi) is 3.65. The van der Waals surface area contributed by atoms with Crippen molar-refractivity contribution in [1.82, 2.24) is 9.38 Å². The van der Waals surface area contributed by atoms with Crippen molar-refractivity contribution < 1.29 is 0 Å². The molecular weight excluding hydrogens is 408 g/mol. The van der Waals surface area contributed by atoms with Gasteiger partial charge in [-0.3, -0.25) is 4.40 Å². The van der Waals surface area contributed by atoms with Gasteiger partial charge in [-0.25, -0.2) is 4.98 Å². The zero-order valence-corrected chi connectivity index (χ0v) is 18.6. The molecule has 2 aromatic heterocycles. The second-order valence-electron chi connectivity index (χ2n) is 8.53. The summed E-state index contributed by atoms with van der Waals surface area (Å²) in [7, 11) is -1.52. The van der Waals surface area contributed by atoms with Gasteiger partial charge < -0.3 is 0 Å². The Morgan fingerprint density at radius 1 is 0.656 bits per heavy atom. The van der Waals surface area contributed by atoms with E-state index < -0.39 is 10.0 Å². The lowest BCUT2D eigenvalue weighted by Crippen LogP contribution is -2.16. The van der Waals surface area contributed by atoms with Gasteiger partial charge in [0.05, 0.1) is 16.2 Å². The lowest BCUT2D eigenvalue weighted by atomic mass is 10.0. The van der Waals surface area contributed by atoms with Crippen LogP contribution in [0.25, 0.3) is 27.3 Å². The second-order valence-corrected chi connectivity index (χ2v) is 11.6. The number of para-hydroxylation sites is 1. The molecular formula is C29H22N2S. The summed E-state index contributed by atoms with van der Waals surface area (Å²) in [6, 6.07) is 37.7. The topological polar surface area (TPSA) is 17.3 Å². The number of benzene rings is 4. The van der Waals surface area contributed by atoms with Crippen LogP contribution in [0.2, 0.25) is 0 Å². The fourth-order valence-electron chi connectivity index (χ4n) is 5.55. The lowest BCUT2D eigenvalue weighted by Gasteiger charge is -2.44. The zero-order valence-electron chi connectivity index (χ0n) is 17.8. The van der Waals surface area contributed by atoms with Gasteiger partial charge in [0.2, 0.25) is 0 Å². The quantitative estimate of drug-likeness (QED) is 0.257. The van der Waals surface area contributed by atoms with Gasteiger partial charge >= 0.3 is 0 Å². The largest absolute Gasteiger partial charge is 0.287 e. The van der Waals surface area contributed by atoms with E-state index in [-0.39, 0.29) is 0 Å². The number of pyridine rings is 1. The summed E-state index contributed by atoms with van der Waals surface area (Å²) in [5.41, 5.74) is 4.95. The summed E-state index contributed by atoms with van der Waals surface area (Å²) in [6.07, 6.45) is 0. The molecule has 3 heterocycles. The fraction of sp³-hybridized carbons (Fsp3) is 0.0690. The highest BCUT2D eigenvalue weighted by atomic mass is 32.3. The molecule has 0 bridgehead atoms. The van der Waals surface area contributed by atoms with Gasteiger partial charge in [0.15, 0.2) is 0 Å². The second kappa shape index (κ2) is 6.47. The van der Waals surface area contributed by atoms with E-state index in [2.05, 4.69) is 114 Å². The summed E-state index contributed by atoms with van der Waals surface area (Å²) in [6.45, 7) is 2.20. The van der Waals surface area contributed by atoms with E-state index in [4.69, 9.17) is 4.98 Å². The van der Waals surface area contributed by atoms with Crippen LogP contribution >= 0.6 is 10.0 Å². The van der Waals surface area contributed by atoms with Crippen molar-refractivity contribution in [3.05, 3.63) is 114 Å². The Labute approximate surface area is 188 Å². The molecule has 0 saturated carbocycles. The molecule has 0 unspecified atom stereocenters. The molecule has 0 N–H and O–H groups in total. The van der Waals surface area contributed by atoms with Gasteiger partial charge in [-0.15, -0.1) is 10.0 Å². The van der Waals surface area contributed by atoms with Gasteiger partial charge in [0.1, 0.15) is 5.65 Å². The predicted octanol–water partition coefficient (Wildman–Crippen LogP) is 7.74. The van der Waals surface area contributed by atoms with E-state index in [1.165, 1.54) is 42.1 Å². The van der Waals surface area contributed by atoms with Gasteiger partial charge in [-0.1, -0.05) is 78.9 Å². The summed E-state index contributed by atoms with van der Waals surface area (Å²) >= 11 is 0. The average Bonchev–Trinajstić information content (AvgIpc) is 3.22. The normalized spacial score (nSPS) is 15.5. The monoisotopic (exact) mass is 430 g/mol. The van der Waals surface area contributed by atoms with Gasteiger partial charge in [-0.05, 0) is 51.9 Å². The number of aromatic nitrogens is 2. The van der Waals surface area contributed by atoms with Crippen molar-refractivity contribution in [1.29, 1.82) is 0 Å². The molecule has 0 spiro atoms. The van der Waals surface area contributed by atoms with Gasteiger partial charge in [0, 0.05) is 16.5 Å². The Bertz CT molecular complexity index is 1610. The highest BCUT2D eigenvalue weighted by molar-refractivity contribution is 8.33. The SMILES string of the molecule is Cc1nc2c3ccccc3c3cccc4c3n2c1S(c1ccccc1)(c1ccccc1)C4. The van der Waals surface area contributed by atoms with Crippen molar-refractivity contribution in [3.8, 4) is 0 Å². The maximum atomic E-state index is 5.23. The predicted molar refractivity (Wildman–Crippen MR) is 134 cm³/mol. The maximum Gasteiger partial charge on any atom is 0.146 e. The molecule has 0 atom stereocenters. The highest BCUT2D eigenvalue weighted by Gasteiger charge is 2.40. The summed E-state index contributed by atoms with van der Waals surface area (Å²) in [5, 5.41) is 5.20. The van der Waals surface area contributed by atoms with E-state index in [9.17, 15) is 0 Å². The van der Waals surface area contributed by atoms with E-state index >= 15 is 0 Å². The molecule has 1 aliphatic rings. The van der Waals surface area contributed by atoms with Crippen molar-refractivity contribution in [2.24, 2.45) is 0 Å². The molecule has 2 nitrogen and oxygen atoms in total. The van der Waals surface area contributed by atoms with Crippen LogP contribution in [0, 0.1) is 6.92 Å². The van der Waals surface area contributed by atoms with Crippen LogP contribution in [0.1, 0.15) is 11.3 Å². The number of imidazole rings is 1. The molecule has 0 fully saturated rings. The molecule has 0 amide bonds. The van der Waals surface area contributed by atoms with Crippen LogP contribution in [-0.4, -0.2) is 9.38 Å². The van der Waals surface area contributed by atoms with Crippen molar-refractivity contribution in [2.45, 2.75) is 27.5 Å². The van der Waals surface area contributed by atoms with Crippen LogP contribution in [0.4, 0.5) is 0 Å². The lowest BCUT2D eigenvalue weighted by molar-refractivity contribution is 1.01. The van der Waals surface area contributed by atoms with Gasteiger partial charge in [0.25, 0.3) is 0 Å². The average molecular weight is 431 g/mol. The number of aryl methyl sites for hydroxylation is 1. The summed E-state index contributed by atoms with van der Waals surface area (Å²) in [5.74, 6) is 0.998. The fourth-order valence-corrected chi connectivity index (χ4v) is 9.72. The first-order chi connectivity index (χ1) is 15.8. The van der Waals surface area contributed by atoms with Crippen LogP contribution in [-0.2, 0) is 5.75 Å². The summed E-state index contributed by atoms with van der Waals surface area (Å²) in [4.78, 5) is 8.02. The molecule has 3 heteroatoms. The number of rotatable bonds is 2. The molecule has 4 aromatic carbocycles. The van der Waals surface area contributed by atoms with Crippen LogP contribution < -0.4 is 0 Å². The molecule has 7 rings (SSSR count). The molecule has 32 heavy (non-hydrogen) atoms. The van der Waals surface area contributed by atoms with Crippen LogP contribution in [0.15, 0.2) is 118 Å². The van der Waals surface area contributed by atoms with Crippen LogP contribution in [0.3, 0.4) is 0 Å². The third-order valence-electron chi connectivity index (χ3n) is 6.79. The minimum absolute atomic E-state index is 0.998. The Hall–Kier alpha value is -3.56. The van der Waals surface area contributed by atoms with E-state index in [0.29, 0.717) is 0 Å². The van der Waals surface area contributed by atoms with Crippen molar-refractivity contribution in [3.63, 3.8) is 0 Å². The number of hydrogen-bond donors (Lipinski definition) is 0. The smallest absolute Gasteiger partial charge is 0.146 e. The zero-order chi connectivity index (χ0) is 21.3. The Morgan fingerprint density at radius 2 is 1.25 bits per heavy atom. The van der Waals surface area contributed by atoms with E-state index in [0.717, 1.165) is 17.1 Å². The molecule has 6 aromatic rings. The van der Waals surface area contributed by atoms with E-state index in [1.54, 1.807) is 0 Å². The van der Waals surface area contributed by atoms with Crippen molar-refractivity contribution >= 4 is 37.4 Å². The number of hydrogen-bond acceptors (Lipinski definition) is 1.